The third kappa shape index (κ3) is 19.5. The SMILES string of the molecule is C#C.C#C/C=C(\C=C/CC=O)NCc1cnc2nc(N)nc(N)c2n1.CC.CCC.CNCCC(=O)O. The molecule has 2 rings (SSSR count). The maximum atomic E-state index is 10.3. The number of fused-ring (bicyclic) bond motifs is 1. The predicted octanol–water partition coefficient (Wildman–Crippen LogP) is 2.71. The number of nitrogens with zero attached hydrogens (tertiary/aromatic N) is 4. The van der Waals surface area contributed by atoms with Crippen molar-refractivity contribution in [2.75, 3.05) is 25.1 Å². The molecule has 2 heterocycles. The van der Waals surface area contributed by atoms with Crippen LogP contribution in [0.4, 0.5) is 11.8 Å². The van der Waals surface area contributed by atoms with Gasteiger partial charge in [0.25, 0.3) is 0 Å². The average molecular weight is 513 g/mol. The van der Waals surface area contributed by atoms with Gasteiger partial charge in [-0.1, -0.05) is 46.1 Å². The predicted molar refractivity (Wildman–Crippen MR) is 151 cm³/mol. The number of nitrogens with two attached hydrogens (primary N) is 2. The molecule has 0 spiro atoms. The number of anilines is 2. The molecule has 0 unspecified atom stereocenters. The van der Waals surface area contributed by atoms with E-state index < -0.39 is 5.97 Å². The standard InChI is InChI=1S/C15H15N7O.C4H9NO2.C3H8.C2H6.C2H2/c1-2-5-10(6-3-4-7-23)18-8-11-9-19-14-12(20-11)13(16)21-15(17)22-14;1-5-3-2-4(6)7;1-3-2;2*1-2/h1,3,5-7,9,18H,4,8H2,(H4,16,17,19,21,22);5H,2-3H2,1H3,(H,6,7);3H2,1-2H3;1-2H3;1-2H/b6-3-,10-5+;;;;. The van der Waals surface area contributed by atoms with Gasteiger partial charge in [0.15, 0.2) is 17.0 Å². The summed E-state index contributed by atoms with van der Waals surface area (Å²) in [4.78, 5) is 36.4. The number of nitrogen functional groups attached to an aromatic ring is 2. The van der Waals surface area contributed by atoms with Crippen LogP contribution in [0.2, 0.25) is 0 Å². The molecule has 0 amide bonds. The van der Waals surface area contributed by atoms with Crippen molar-refractivity contribution in [3.8, 4) is 25.2 Å². The molecule has 0 aromatic carbocycles. The summed E-state index contributed by atoms with van der Waals surface area (Å²) in [5.74, 6) is 1.89. The number of aliphatic carboxylic acids is 1. The van der Waals surface area contributed by atoms with E-state index in [1.165, 1.54) is 6.42 Å². The van der Waals surface area contributed by atoms with Crippen LogP contribution >= 0.6 is 0 Å². The van der Waals surface area contributed by atoms with E-state index in [2.05, 4.69) is 63.2 Å². The molecule has 11 nitrogen and oxygen atoms in total. The highest BCUT2D eigenvalue weighted by atomic mass is 16.4. The van der Waals surface area contributed by atoms with Gasteiger partial charge in [-0.2, -0.15) is 9.97 Å². The Labute approximate surface area is 220 Å². The molecule has 2 aromatic rings. The lowest BCUT2D eigenvalue weighted by Crippen LogP contribution is -2.13. The fourth-order valence-electron chi connectivity index (χ4n) is 1.99. The molecule has 0 bridgehead atoms. The van der Waals surface area contributed by atoms with E-state index >= 15 is 0 Å². The molecule has 0 aliphatic heterocycles. The van der Waals surface area contributed by atoms with Crippen molar-refractivity contribution in [3.63, 3.8) is 0 Å². The molecule has 37 heavy (non-hydrogen) atoms. The molecule has 2 aromatic heterocycles. The number of nitrogens with one attached hydrogen (secondary N) is 2. The van der Waals surface area contributed by atoms with Crippen LogP contribution in [0.3, 0.4) is 0 Å². The van der Waals surface area contributed by atoms with Crippen LogP contribution in [0.5, 0.6) is 0 Å². The highest BCUT2D eigenvalue weighted by Crippen LogP contribution is 2.14. The second-order valence-corrected chi connectivity index (χ2v) is 6.38. The van der Waals surface area contributed by atoms with Crippen molar-refractivity contribution < 1.29 is 14.7 Å². The number of allylic oxidation sites excluding steroid dienone is 3. The van der Waals surface area contributed by atoms with Crippen LogP contribution in [-0.4, -0.2) is 50.9 Å². The number of aldehydes is 1. The van der Waals surface area contributed by atoms with E-state index in [1.807, 2.05) is 13.8 Å². The lowest BCUT2D eigenvalue weighted by atomic mass is 10.3. The quantitative estimate of drug-likeness (QED) is 0.189. The van der Waals surface area contributed by atoms with Crippen molar-refractivity contribution >= 4 is 35.2 Å². The number of carboxylic acid groups (broad SMARTS) is 1. The number of rotatable bonds is 9. The molecular formula is C26H40N8O3. The lowest BCUT2D eigenvalue weighted by molar-refractivity contribution is -0.136. The Balaban J connectivity index is -0.000000690. The highest BCUT2D eigenvalue weighted by molar-refractivity contribution is 5.81. The molecule has 0 radical (unpaired) electrons. The fraction of sp³-hybridized carbons (Fsp3) is 0.385. The maximum absolute atomic E-state index is 10.3. The minimum Gasteiger partial charge on any atom is -0.481 e. The monoisotopic (exact) mass is 512 g/mol. The normalized spacial score (nSPS) is 9.51. The third-order valence-corrected chi connectivity index (χ3v) is 3.33. The van der Waals surface area contributed by atoms with E-state index in [0.717, 1.165) is 6.29 Å². The van der Waals surface area contributed by atoms with Crippen molar-refractivity contribution in [1.82, 2.24) is 30.6 Å². The number of hydrogen-bond acceptors (Lipinski definition) is 10. The largest absolute Gasteiger partial charge is 0.481 e. The van der Waals surface area contributed by atoms with Gasteiger partial charge in [0.1, 0.15) is 6.29 Å². The van der Waals surface area contributed by atoms with Crippen molar-refractivity contribution in [2.45, 2.75) is 53.5 Å². The van der Waals surface area contributed by atoms with Gasteiger partial charge in [-0.25, -0.2) is 9.97 Å². The highest BCUT2D eigenvalue weighted by Gasteiger charge is 2.07. The maximum Gasteiger partial charge on any atom is 0.304 e. The first-order chi connectivity index (χ1) is 17.8. The number of carbonyl (C=O) groups is 2. The van der Waals surface area contributed by atoms with E-state index in [0.29, 0.717) is 42.1 Å². The Hall–Kier alpha value is -4.48. The summed E-state index contributed by atoms with van der Waals surface area (Å²) in [5.41, 5.74) is 13.3. The zero-order valence-corrected chi connectivity index (χ0v) is 22.4. The Bertz CT molecular complexity index is 1030. The summed E-state index contributed by atoms with van der Waals surface area (Å²) >= 11 is 0. The van der Waals surface area contributed by atoms with Crippen molar-refractivity contribution in [2.24, 2.45) is 0 Å². The summed E-state index contributed by atoms with van der Waals surface area (Å²) in [6, 6.07) is 0. The Kier molecular flexibility index (Phi) is 26.2. The van der Waals surface area contributed by atoms with Crippen LogP contribution < -0.4 is 22.1 Å². The van der Waals surface area contributed by atoms with Gasteiger partial charge in [0.05, 0.1) is 24.9 Å². The number of hydrogen-bond donors (Lipinski definition) is 5. The minimum absolute atomic E-state index is 0.0507. The number of terminal acetylenes is 2. The van der Waals surface area contributed by atoms with E-state index in [9.17, 15) is 9.59 Å². The molecule has 0 aliphatic rings. The fourth-order valence-corrected chi connectivity index (χ4v) is 1.99. The van der Waals surface area contributed by atoms with Gasteiger partial charge >= 0.3 is 5.97 Å². The molecule has 202 valence electrons. The van der Waals surface area contributed by atoms with Crippen LogP contribution in [0.15, 0.2) is 30.1 Å². The minimum atomic E-state index is -0.755. The molecule has 0 fully saturated rings. The van der Waals surface area contributed by atoms with Gasteiger partial charge in [-0.05, 0) is 13.1 Å². The first kappa shape index (κ1) is 37.1. The Morgan fingerprint density at radius 2 is 1.81 bits per heavy atom. The van der Waals surface area contributed by atoms with E-state index in [-0.39, 0.29) is 18.2 Å². The molecular weight excluding hydrogens is 472 g/mol. The zero-order valence-electron chi connectivity index (χ0n) is 22.4. The smallest absolute Gasteiger partial charge is 0.304 e. The van der Waals surface area contributed by atoms with Gasteiger partial charge in [0, 0.05) is 24.7 Å². The van der Waals surface area contributed by atoms with Crippen LogP contribution in [-0.2, 0) is 16.1 Å². The van der Waals surface area contributed by atoms with Gasteiger partial charge in [-0.3, -0.25) is 4.79 Å². The Morgan fingerprint density at radius 3 is 2.30 bits per heavy atom. The molecule has 7 N–H and O–H groups in total. The average Bonchev–Trinajstić information content (AvgIpc) is 2.89. The van der Waals surface area contributed by atoms with Crippen molar-refractivity contribution in [1.29, 1.82) is 0 Å². The summed E-state index contributed by atoms with van der Waals surface area (Å²) in [6.45, 7) is 9.17. The van der Waals surface area contributed by atoms with Crippen molar-refractivity contribution in [3.05, 3.63) is 35.8 Å². The first-order valence-electron chi connectivity index (χ1n) is 11.6. The molecule has 0 atom stereocenters. The van der Waals surface area contributed by atoms with Gasteiger partial charge in [0.2, 0.25) is 5.95 Å². The second kappa shape index (κ2) is 26.1. The van der Waals surface area contributed by atoms with Crippen LogP contribution in [0, 0.1) is 25.2 Å². The summed E-state index contributed by atoms with van der Waals surface area (Å²) < 4.78 is 0. The van der Waals surface area contributed by atoms with Crippen LogP contribution in [0.25, 0.3) is 11.2 Å². The number of carbonyl (C=O) groups excluding carboxylic acids is 1. The van der Waals surface area contributed by atoms with Crippen LogP contribution in [0.1, 0.15) is 52.7 Å². The van der Waals surface area contributed by atoms with Gasteiger partial charge < -0.3 is 32.0 Å². The topological polar surface area (TPSA) is 182 Å². The van der Waals surface area contributed by atoms with E-state index in [1.54, 1.807) is 31.5 Å². The first-order valence-corrected chi connectivity index (χ1v) is 11.6. The summed E-state index contributed by atoms with van der Waals surface area (Å²) in [7, 11) is 1.73. The lowest BCUT2D eigenvalue weighted by Gasteiger charge is -2.07. The van der Waals surface area contributed by atoms with E-state index in [4.69, 9.17) is 23.0 Å². The number of carboxylic acids is 1. The molecule has 0 saturated heterocycles. The number of aromatic nitrogens is 4. The third-order valence-electron chi connectivity index (χ3n) is 3.33. The summed E-state index contributed by atoms with van der Waals surface area (Å²) in [5, 5.41) is 13.8. The molecule has 0 saturated carbocycles. The Morgan fingerprint density at radius 1 is 1.19 bits per heavy atom. The van der Waals surface area contributed by atoms with Gasteiger partial charge in [-0.15, -0.1) is 19.3 Å². The molecule has 0 aliphatic carbocycles. The molecule has 11 heteroatoms. The zero-order chi connectivity index (χ0) is 29.1. The second-order valence-electron chi connectivity index (χ2n) is 6.38. The summed E-state index contributed by atoms with van der Waals surface area (Å²) in [6.07, 6.45) is 22.4.